The predicted octanol–water partition coefficient (Wildman–Crippen LogP) is 3.65. The highest BCUT2D eigenvalue weighted by Crippen LogP contribution is 2.19. The smallest absolute Gasteiger partial charge is 0.321 e. The molecule has 0 aliphatic heterocycles. The number of benzene rings is 2. The fourth-order valence-electron chi connectivity index (χ4n) is 2.65. The molecule has 0 spiro atoms. The zero-order chi connectivity index (χ0) is 20.5. The van der Waals surface area contributed by atoms with Crippen LogP contribution < -0.4 is 16.0 Å². The van der Waals surface area contributed by atoms with Crippen molar-refractivity contribution >= 4 is 28.2 Å². The Bertz CT molecular complexity index is 950. The van der Waals surface area contributed by atoms with Crippen molar-refractivity contribution in [3.8, 4) is 0 Å². The van der Waals surface area contributed by atoms with Crippen LogP contribution in [0.25, 0.3) is 0 Å². The Balaban J connectivity index is 1.51. The van der Waals surface area contributed by atoms with E-state index in [-0.39, 0.29) is 11.8 Å². The number of aromatic nitrogens is 2. The SMILES string of the molecule is COCCNc1ccccc1CNC(=O)Nc1nnc(Cc2cccc(F)c2)s1. The molecule has 0 saturated carbocycles. The van der Waals surface area contributed by atoms with Crippen LogP contribution >= 0.6 is 11.3 Å². The normalized spacial score (nSPS) is 10.6. The molecule has 3 rings (SSSR count). The molecule has 7 nitrogen and oxygen atoms in total. The molecule has 0 radical (unpaired) electrons. The first kappa shape index (κ1) is 20.7. The summed E-state index contributed by atoms with van der Waals surface area (Å²) in [5.41, 5.74) is 2.70. The van der Waals surface area contributed by atoms with Gasteiger partial charge in [0.15, 0.2) is 0 Å². The molecule has 0 aliphatic carbocycles. The minimum atomic E-state index is -0.370. The van der Waals surface area contributed by atoms with Gasteiger partial charge in [0, 0.05) is 32.3 Å². The maximum absolute atomic E-state index is 13.3. The third-order valence-corrected chi connectivity index (χ3v) is 4.85. The highest BCUT2D eigenvalue weighted by atomic mass is 32.1. The van der Waals surface area contributed by atoms with E-state index in [0.29, 0.717) is 36.3 Å². The van der Waals surface area contributed by atoms with Crippen LogP contribution in [0, 0.1) is 5.82 Å². The van der Waals surface area contributed by atoms with Crippen LogP contribution in [-0.2, 0) is 17.7 Å². The molecule has 3 aromatic rings. The minimum absolute atomic E-state index is 0.290. The summed E-state index contributed by atoms with van der Waals surface area (Å²) >= 11 is 1.26. The molecule has 0 saturated heterocycles. The number of nitrogens with zero attached hydrogens (tertiary/aromatic N) is 2. The lowest BCUT2D eigenvalue weighted by Gasteiger charge is -2.12. The van der Waals surface area contributed by atoms with Gasteiger partial charge in [-0.1, -0.05) is 41.7 Å². The molecule has 1 heterocycles. The van der Waals surface area contributed by atoms with Crippen molar-refractivity contribution in [2.75, 3.05) is 30.9 Å². The Hall–Kier alpha value is -3.04. The van der Waals surface area contributed by atoms with Crippen LogP contribution in [0.15, 0.2) is 48.5 Å². The Morgan fingerprint density at radius 3 is 2.86 bits per heavy atom. The number of carbonyl (C=O) groups is 1. The topological polar surface area (TPSA) is 88.2 Å². The first-order valence-electron chi connectivity index (χ1n) is 9.06. The summed E-state index contributed by atoms with van der Waals surface area (Å²) < 4.78 is 18.3. The van der Waals surface area contributed by atoms with E-state index in [1.807, 2.05) is 30.3 Å². The van der Waals surface area contributed by atoms with Crippen molar-refractivity contribution in [1.82, 2.24) is 15.5 Å². The molecule has 2 amide bonds. The van der Waals surface area contributed by atoms with E-state index in [2.05, 4.69) is 26.1 Å². The van der Waals surface area contributed by atoms with Crippen molar-refractivity contribution < 1.29 is 13.9 Å². The van der Waals surface area contributed by atoms with E-state index in [4.69, 9.17) is 4.74 Å². The Labute approximate surface area is 172 Å². The van der Waals surface area contributed by atoms with Crippen molar-refractivity contribution in [2.24, 2.45) is 0 Å². The number of amides is 2. The van der Waals surface area contributed by atoms with Crippen molar-refractivity contribution in [3.63, 3.8) is 0 Å². The van der Waals surface area contributed by atoms with Gasteiger partial charge in [0.1, 0.15) is 10.8 Å². The molecule has 0 atom stereocenters. The highest BCUT2D eigenvalue weighted by molar-refractivity contribution is 7.15. The van der Waals surface area contributed by atoms with Gasteiger partial charge < -0.3 is 15.4 Å². The number of rotatable bonds is 9. The minimum Gasteiger partial charge on any atom is -0.383 e. The molecular formula is C20H22FN5O2S. The molecule has 0 aliphatic rings. The molecule has 3 N–H and O–H groups in total. The quantitative estimate of drug-likeness (QED) is 0.464. The zero-order valence-electron chi connectivity index (χ0n) is 15.9. The lowest BCUT2D eigenvalue weighted by Crippen LogP contribution is -2.28. The summed E-state index contributed by atoms with van der Waals surface area (Å²) in [6, 6.07) is 13.7. The fourth-order valence-corrected chi connectivity index (χ4v) is 3.42. The maximum atomic E-state index is 13.3. The maximum Gasteiger partial charge on any atom is 0.321 e. The molecule has 29 heavy (non-hydrogen) atoms. The number of urea groups is 1. The van der Waals surface area contributed by atoms with Crippen LogP contribution in [0.5, 0.6) is 0 Å². The molecule has 0 bridgehead atoms. The van der Waals surface area contributed by atoms with E-state index < -0.39 is 0 Å². The van der Waals surface area contributed by atoms with Gasteiger partial charge in [-0.3, -0.25) is 5.32 Å². The van der Waals surface area contributed by atoms with Crippen molar-refractivity contribution in [1.29, 1.82) is 0 Å². The average Bonchev–Trinajstić information content (AvgIpc) is 3.14. The second kappa shape index (κ2) is 10.5. The van der Waals surface area contributed by atoms with Gasteiger partial charge in [0.05, 0.1) is 6.61 Å². The van der Waals surface area contributed by atoms with Gasteiger partial charge in [-0.25, -0.2) is 9.18 Å². The lowest BCUT2D eigenvalue weighted by atomic mass is 10.1. The molecule has 2 aromatic carbocycles. The molecular weight excluding hydrogens is 393 g/mol. The summed E-state index contributed by atoms with van der Waals surface area (Å²) in [5.74, 6) is -0.290. The van der Waals surface area contributed by atoms with Gasteiger partial charge in [0.25, 0.3) is 0 Å². The second-order valence-corrected chi connectivity index (χ2v) is 7.25. The standard InChI is InChI=1S/C20H22FN5O2S/c1-28-10-9-22-17-8-3-2-6-15(17)13-23-19(27)24-20-26-25-18(29-20)12-14-5-4-7-16(21)11-14/h2-8,11,22H,9-10,12-13H2,1H3,(H2,23,24,26,27). The van der Waals surface area contributed by atoms with E-state index in [9.17, 15) is 9.18 Å². The van der Waals surface area contributed by atoms with E-state index >= 15 is 0 Å². The number of para-hydroxylation sites is 1. The molecule has 9 heteroatoms. The van der Waals surface area contributed by atoms with E-state index in [1.165, 1.54) is 23.5 Å². The second-order valence-electron chi connectivity index (χ2n) is 6.19. The number of halogens is 1. The lowest BCUT2D eigenvalue weighted by molar-refractivity contribution is 0.210. The summed E-state index contributed by atoms with van der Waals surface area (Å²) in [7, 11) is 1.65. The first-order valence-corrected chi connectivity index (χ1v) is 9.88. The Morgan fingerprint density at radius 2 is 2.03 bits per heavy atom. The van der Waals surface area contributed by atoms with Gasteiger partial charge in [-0.15, -0.1) is 10.2 Å². The molecule has 1 aromatic heterocycles. The number of anilines is 2. The van der Waals surface area contributed by atoms with Crippen LogP contribution in [0.2, 0.25) is 0 Å². The zero-order valence-corrected chi connectivity index (χ0v) is 16.8. The largest absolute Gasteiger partial charge is 0.383 e. The monoisotopic (exact) mass is 415 g/mol. The average molecular weight is 415 g/mol. The number of carbonyl (C=O) groups excluding carboxylic acids is 1. The summed E-state index contributed by atoms with van der Waals surface area (Å²) in [4.78, 5) is 12.2. The first-order chi connectivity index (χ1) is 14.1. The van der Waals surface area contributed by atoms with Crippen LogP contribution in [0.1, 0.15) is 16.1 Å². The van der Waals surface area contributed by atoms with Gasteiger partial charge in [-0.05, 0) is 29.3 Å². The summed E-state index contributed by atoms with van der Waals surface area (Å²) in [5, 5.41) is 17.9. The van der Waals surface area contributed by atoms with Crippen molar-refractivity contribution in [2.45, 2.75) is 13.0 Å². The number of hydrogen-bond donors (Lipinski definition) is 3. The Kier molecular flexibility index (Phi) is 7.48. The van der Waals surface area contributed by atoms with Crippen LogP contribution in [0.3, 0.4) is 0 Å². The van der Waals surface area contributed by atoms with E-state index in [1.54, 1.807) is 13.2 Å². The number of ether oxygens (including phenoxy) is 1. The molecule has 0 fully saturated rings. The number of nitrogens with one attached hydrogen (secondary N) is 3. The van der Waals surface area contributed by atoms with Crippen LogP contribution in [0.4, 0.5) is 20.0 Å². The third kappa shape index (κ3) is 6.51. The molecule has 0 unspecified atom stereocenters. The van der Waals surface area contributed by atoms with Crippen molar-refractivity contribution in [3.05, 3.63) is 70.5 Å². The third-order valence-electron chi connectivity index (χ3n) is 4.01. The van der Waals surface area contributed by atoms with Gasteiger partial charge >= 0.3 is 6.03 Å². The van der Waals surface area contributed by atoms with E-state index in [0.717, 1.165) is 16.8 Å². The fraction of sp³-hybridized carbons (Fsp3) is 0.250. The summed E-state index contributed by atoms with van der Waals surface area (Å²) in [6.07, 6.45) is 0.458. The van der Waals surface area contributed by atoms with Gasteiger partial charge in [0.2, 0.25) is 5.13 Å². The predicted molar refractivity (Wildman–Crippen MR) is 112 cm³/mol. The Morgan fingerprint density at radius 1 is 1.17 bits per heavy atom. The van der Waals surface area contributed by atoms with Gasteiger partial charge in [-0.2, -0.15) is 0 Å². The number of hydrogen-bond acceptors (Lipinski definition) is 6. The van der Waals surface area contributed by atoms with Crippen LogP contribution in [-0.4, -0.2) is 36.5 Å². The molecule has 152 valence electrons. The summed E-state index contributed by atoms with van der Waals surface area (Å²) in [6.45, 7) is 1.63. The number of methoxy groups -OCH3 is 1. The highest BCUT2D eigenvalue weighted by Gasteiger charge is 2.10.